The van der Waals surface area contributed by atoms with Crippen molar-refractivity contribution in [2.24, 2.45) is 0 Å². The second-order valence-electron chi connectivity index (χ2n) is 24.2. The van der Waals surface area contributed by atoms with Gasteiger partial charge in [-0.25, -0.2) is 0 Å². The number of rotatable bonds is 11. The number of benzene rings is 2. The summed E-state index contributed by atoms with van der Waals surface area (Å²) in [5.41, 5.74) is 2.10. The van der Waals surface area contributed by atoms with Crippen LogP contribution in [0.5, 0.6) is 0 Å². The highest BCUT2D eigenvalue weighted by Gasteiger charge is 2.60. The van der Waals surface area contributed by atoms with Crippen molar-refractivity contribution < 1.29 is 178 Å². The zero-order chi connectivity index (χ0) is 68.7. The van der Waals surface area contributed by atoms with Crippen molar-refractivity contribution in [2.75, 3.05) is 46.2 Å². The number of hydrogen-bond donors (Lipinski definition) is 21. The zero-order valence-corrected chi connectivity index (χ0v) is 50.4. The maximum Gasteiger partial charge on any atom is 0.256 e. The van der Waals surface area contributed by atoms with E-state index in [2.05, 4.69) is 10.5 Å². The summed E-state index contributed by atoms with van der Waals surface area (Å²) in [6.07, 6.45) is -71.1. The van der Waals surface area contributed by atoms with Gasteiger partial charge in [-0.15, -0.1) is 0 Å². The standard InChI is InChI=1S/C58H80N2O36/c61-11-23-45-32(69)39(76)54(85-23)93-47-25(13-63)87-56(41(78)34(47)71)95-49-27(15-65)89-58(43(80)36(49)73)96-50-28(16-66)88-57(42(79)35(50)72)94-48-26(14-64)86-55(40(77)33(48)70)92-46-24(12-62)84-53(38(75)31(46)68)90-44-22(83-52(91-45)37(74)30(44)67)10-59-51(81)21-17-82-60-29(21)20-8-6-19(7-9-20)18-4-2-1-3-5-18/h1-9,17,22-28,30-50,52-58,61-80H,10-16H2,(H,59,81)/t22-,23+,24-,25+,26-,27+,28-,30+,31+,32-,33+,34+,35+,36+,37+,38+,39-,40+,41-,42+,43+,44+,45+,46+,47+,48+,49+,50+,52+,53+,54+,55+,56+,57+,58+/m0/s1. The molecule has 1 amide bonds. The number of ether oxygens (including phenoxy) is 14. The van der Waals surface area contributed by atoms with E-state index < -0.39 is 267 Å². The molecule has 0 spiro atoms. The third kappa shape index (κ3) is 14.5. The fourth-order valence-corrected chi connectivity index (χ4v) is 12.8. The Morgan fingerprint density at radius 3 is 0.823 bits per heavy atom. The minimum absolute atomic E-state index is 0.0678. The van der Waals surface area contributed by atoms with E-state index in [1.165, 1.54) is 0 Å². The summed E-state index contributed by atoms with van der Waals surface area (Å²) < 4.78 is 86.8. The second-order valence-corrected chi connectivity index (χ2v) is 24.2. The molecular formula is C58H80N2O36. The fraction of sp³-hybridized carbons (Fsp3) is 0.724. The Labute approximate surface area is 542 Å². The van der Waals surface area contributed by atoms with Crippen LogP contribution in [0.25, 0.3) is 22.4 Å². The first-order chi connectivity index (χ1) is 46.0. The molecule has 38 nitrogen and oxygen atoms in total. The molecule has 24 rings (SSSR count). The minimum Gasteiger partial charge on any atom is -0.394 e. The predicted octanol–water partition coefficient (Wildman–Crippen LogP) is -11.5. The van der Waals surface area contributed by atoms with Crippen LogP contribution in [-0.4, -0.2) is 374 Å². The first-order valence-electron chi connectivity index (χ1n) is 30.8. The van der Waals surface area contributed by atoms with Gasteiger partial charge in [-0.1, -0.05) is 59.8 Å². The van der Waals surface area contributed by atoms with E-state index in [0.29, 0.717) is 5.56 Å². The predicted molar refractivity (Wildman–Crippen MR) is 301 cm³/mol. The monoisotopic (exact) mass is 1380 g/mol. The topological polar surface area (TPSA) is 589 Å². The van der Waals surface area contributed by atoms with Gasteiger partial charge in [0.1, 0.15) is 188 Å². The van der Waals surface area contributed by atoms with Gasteiger partial charge in [0, 0.05) is 12.1 Å². The molecule has 96 heavy (non-hydrogen) atoms. The molecule has 1 aromatic heterocycles. The summed E-state index contributed by atoms with van der Waals surface area (Å²) in [7, 11) is 0. The van der Waals surface area contributed by atoms with Crippen molar-refractivity contribution in [1.29, 1.82) is 0 Å². The summed E-state index contributed by atoms with van der Waals surface area (Å²) in [5, 5.41) is 232. The van der Waals surface area contributed by atoms with Crippen LogP contribution in [0.1, 0.15) is 10.4 Å². The fourth-order valence-electron chi connectivity index (χ4n) is 12.8. The lowest BCUT2D eigenvalue weighted by Gasteiger charge is -2.50. The highest BCUT2D eigenvalue weighted by molar-refractivity contribution is 5.99. The maximum absolute atomic E-state index is 14.2. The van der Waals surface area contributed by atoms with Gasteiger partial charge in [0.15, 0.2) is 44.0 Å². The molecule has 538 valence electrons. The lowest BCUT2D eigenvalue weighted by molar-refractivity contribution is -0.396. The zero-order valence-electron chi connectivity index (χ0n) is 50.4. The van der Waals surface area contributed by atoms with Gasteiger partial charge >= 0.3 is 0 Å². The lowest BCUT2D eigenvalue weighted by Crippen LogP contribution is -2.68. The van der Waals surface area contributed by atoms with Gasteiger partial charge in [0.2, 0.25) is 0 Å². The molecule has 21 N–H and O–H groups in total. The van der Waals surface area contributed by atoms with Crippen LogP contribution in [0.3, 0.4) is 0 Å². The van der Waals surface area contributed by atoms with Crippen LogP contribution in [0.4, 0.5) is 0 Å². The van der Waals surface area contributed by atoms with Gasteiger partial charge in [-0.05, 0) is 11.1 Å². The van der Waals surface area contributed by atoms with E-state index in [9.17, 15) is 107 Å². The van der Waals surface area contributed by atoms with Gasteiger partial charge in [-0.2, -0.15) is 0 Å². The summed E-state index contributed by atoms with van der Waals surface area (Å²) in [4.78, 5) is 14.2. The van der Waals surface area contributed by atoms with Gasteiger partial charge in [-0.3, -0.25) is 4.79 Å². The number of hydrogen-bond acceptors (Lipinski definition) is 37. The lowest BCUT2D eigenvalue weighted by atomic mass is 9.95. The van der Waals surface area contributed by atoms with E-state index in [4.69, 9.17) is 70.8 Å². The molecule has 21 fully saturated rings. The molecule has 0 aliphatic carbocycles. The highest BCUT2D eigenvalue weighted by Crippen LogP contribution is 2.40. The third-order valence-corrected chi connectivity index (χ3v) is 18.1. The number of carbonyl (C=O) groups excluding carboxylic acids is 1. The van der Waals surface area contributed by atoms with Crippen molar-refractivity contribution in [3.05, 3.63) is 66.4 Å². The van der Waals surface area contributed by atoms with Crippen LogP contribution >= 0.6 is 0 Å². The average Bonchev–Trinajstić information content (AvgIpc) is 0.953. The van der Waals surface area contributed by atoms with Gasteiger partial charge in [0.05, 0.1) is 39.6 Å². The molecule has 0 saturated carbocycles. The Hall–Kier alpha value is -4.24. The molecule has 21 aliphatic heterocycles. The Balaban J connectivity index is 0.885. The summed E-state index contributed by atoms with van der Waals surface area (Å²) >= 11 is 0. The quantitative estimate of drug-likeness (QED) is 0.0848. The normalized spacial score (nSPS) is 46.6. The number of nitrogens with zero attached hydrogens (tertiary/aromatic N) is 1. The first kappa shape index (κ1) is 73.0. The molecule has 3 aromatic rings. The number of amides is 1. The maximum atomic E-state index is 14.2. The molecule has 0 radical (unpaired) electrons. The van der Waals surface area contributed by atoms with E-state index in [1.807, 2.05) is 30.3 Å². The van der Waals surface area contributed by atoms with Crippen molar-refractivity contribution >= 4 is 5.91 Å². The molecule has 21 saturated heterocycles. The van der Waals surface area contributed by atoms with Gasteiger partial charge in [0.25, 0.3) is 5.91 Å². The molecule has 14 bridgehead atoms. The second kappa shape index (κ2) is 31.3. The largest absolute Gasteiger partial charge is 0.394 e. The van der Waals surface area contributed by atoms with Crippen LogP contribution < -0.4 is 5.32 Å². The van der Waals surface area contributed by atoms with E-state index in [-0.39, 0.29) is 11.3 Å². The van der Waals surface area contributed by atoms with E-state index in [0.717, 1.165) is 17.4 Å². The van der Waals surface area contributed by atoms with Crippen LogP contribution in [0.2, 0.25) is 0 Å². The van der Waals surface area contributed by atoms with E-state index >= 15 is 0 Å². The molecule has 38 heteroatoms. The minimum atomic E-state index is -2.30. The first-order valence-corrected chi connectivity index (χ1v) is 30.8. The molecule has 21 aliphatic rings. The number of aliphatic hydroxyl groups excluding tert-OH is 20. The van der Waals surface area contributed by atoms with Crippen LogP contribution in [0.15, 0.2) is 65.4 Å². The van der Waals surface area contributed by atoms with E-state index in [1.54, 1.807) is 24.3 Å². The third-order valence-electron chi connectivity index (χ3n) is 18.1. The SMILES string of the molecule is O=C(NC[C@@H]1O[C@@H]2O[C@H]3[C@@H](O)[C@H](O)[C@@H](O[C@H]4[C@H](O)[C@H](O)[C@@H](O[C@H]5[C@H](O)[C@@H](O)[C@@H](O[C@H]6[C@H](O)[C@@H](O)[C@@H](O[C@H]7[C@H](O)[C@@H](O)[C@@H](O[C@H]8[C@H](O)[C@@H](O)[C@@H](O[C@H]1[C@H](O)[C@H]2O)O[C@H]8CO)O[C@H]7CO)O[C@H]6CO)O[C@@H]5CO)O[C@@H]4CO)O[C@@H]3CO)c1conc1-c1ccc(-c2ccccc2)cc1. The van der Waals surface area contributed by atoms with Crippen LogP contribution in [-0.2, 0) is 66.3 Å². The van der Waals surface area contributed by atoms with Gasteiger partial charge < -0.3 is 178 Å². The molecule has 22 heterocycles. The van der Waals surface area contributed by atoms with Crippen molar-refractivity contribution in [3.63, 3.8) is 0 Å². The average molecular weight is 1380 g/mol. The number of aromatic nitrogens is 1. The summed E-state index contributed by atoms with van der Waals surface area (Å²) in [6, 6.07) is 16.3. The number of nitrogens with one attached hydrogen (secondary N) is 1. The van der Waals surface area contributed by atoms with Crippen molar-refractivity contribution in [3.8, 4) is 22.4 Å². The Kier molecular flexibility index (Phi) is 23.8. The molecule has 0 unspecified atom stereocenters. The highest BCUT2D eigenvalue weighted by atomic mass is 16.8. The summed E-state index contributed by atoms with van der Waals surface area (Å²) in [6.45, 7) is -7.21. The van der Waals surface area contributed by atoms with Crippen molar-refractivity contribution in [1.82, 2.24) is 10.5 Å². The molecule has 35 atom stereocenters. The Bertz CT molecular complexity index is 2930. The number of aliphatic hydroxyl groups is 20. The Morgan fingerprint density at radius 1 is 0.312 bits per heavy atom. The summed E-state index contributed by atoms with van der Waals surface area (Å²) in [5.74, 6) is -0.881. The molecular weight excluding hydrogens is 1300 g/mol. The van der Waals surface area contributed by atoms with Crippen molar-refractivity contribution in [2.45, 2.75) is 215 Å². The molecule has 2 aromatic carbocycles. The van der Waals surface area contributed by atoms with Crippen LogP contribution in [0, 0.1) is 0 Å². The smallest absolute Gasteiger partial charge is 0.256 e. The Morgan fingerprint density at radius 2 is 0.552 bits per heavy atom. The number of carbonyl (C=O) groups is 1.